The Balaban J connectivity index is 2.22. The number of sulfone groups is 1. The molecule has 0 aromatic heterocycles. The summed E-state index contributed by atoms with van der Waals surface area (Å²) in [5, 5.41) is 5.78. The van der Waals surface area contributed by atoms with E-state index in [9.17, 15) is 13.2 Å². The third-order valence-corrected chi connectivity index (χ3v) is 4.93. The fraction of sp³-hybridized carbons (Fsp3) is 0.909. The molecular weight excluding hydrogens is 256 g/mol. The molecule has 2 N–H and O–H groups in total. The van der Waals surface area contributed by atoms with Crippen molar-refractivity contribution in [2.45, 2.75) is 25.3 Å². The van der Waals surface area contributed by atoms with Gasteiger partial charge in [-0.25, -0.2) is 8.42 Å². The van der Waals surface area contributed by atoms with E-state index in [1.165, 1.54) is 0 Å². The van der Waals surface area contributed by atoms with Crippen LogP contribution in [0.5, 0.6) is 0 Å². The topological polar surface area (TPSA) is 84.5 Å². The van der Waals surface area contributed by atoms with Crippen molar-refractivity contribution in [3.05, 3.63) is 0 Å². The zero-order valence-electron chi connectivity index (χ0n) is 11.0. The largest absolute Gasteiger partial charge is 0.385 e. The lowest BCUT2D eigenvalue weighted by molar-refractivity contribution is -0.120. The highest BCUT2D eigenvalue weighted by Gasteiger charge is 2.38. The van der Waals surface area contributed by atoms with Crippen molar-refractivity contribution in [1.29, 1.82) is 0 Å². The molecule has 1 aliphatic heterocycles. The third kappa shape index (κ3) is 5.32. The molecule has 1 fully saturated rings. The van der Waals surface area contributed by atoms with Gasteiger partial charge in [0, 0.05) is 25.8 Å². The number of ether oxygens (including phenoxy) is 1. The number of hydrogen-bond acceptors (Lipinski definition) is 5. The lowest BCUT2D eigenvalue weighted by Crippen LogP contribution is -2.48. The predicted molar refractivity (Wildman–Crippen MR) is 69.2 cm³/mol. The van der Waals surface area contributed by atoms with Crippen molar-refractivity contribution >= 4 is 15.7 Å². The number of carbonyl (C=O) groups is 1. The van der Waals surface area contributed by atoms with Gasteiger partial charge in [-0.15, -0.1) is 0 Å². The lowest BCUT2D eigenvalue weighted by atomic mass is 10.0. The summed E-state index contributed by atoms with van der Waals surface area (Å²) >= 11 is 0. The van der Waals surface area contributed by atoms with E-state index in [2.05, 4.69) is 10.6 Å². The normalized spacial score (nSPS) is 26.1. The fourth-order valence-corrected chi connectivity index (χ4v) is 4.07. The molecule has 0 aromatic carbocycles. The zero-order chi connectivity index (χ0) is 13.6. The standard InChI is InChI=1S/C11H22N2O4S/c1-11(4-7-18(15,16)9-11)13-8-10(14)12-5-3-6-17-2/h13H,3-9H2,1-2H3,(H,12,14). The smallest absolute Gasteiger partial charge is 0.233 e. The minimum absolute atomic E-state index is 0.108. The van der Waals surface area contributed by atoms with E-state index in [4.69, 9.17) is 4.74 Å². The minimum Gasteiger partial charge on any atom is -0.385 e. The van der Waals surface area contributed by atoms with Gasteiger partial charge in [-0.1, -0.05) is 0 Å². The van der Waals surface area contributed by atoms with E-state index < -0.39 is 15.4 Å². The second-order valence-electron chi connectivity index (χ2n) is 4.95. The molecular formula is C11H22N2O4S. The lowest BCUT2D eigenvalue weighted by Gasteiger charge is -2.23. The van der Waals surface area contributed by atoms with Crippen LogP contribution in [0.15, 0.2) is 0 Å². The molecule has 1 rings (SSSR count). The van der Waals surface area contributed by atoms with Crippen molar-refractivity contribution in [1.82, 2.24) is 10.6 Å². The summed E-state index contributed by atoms with van der Waals surface area (Å²) in [6, 6.07) is 0. The average molecular weight is 278 g/mol. The SMILES string of the molecule is COCCCNC(=O)CNC1(C)CCS(=O)(=O)C1. The summed E-state index contributed by atoms with van der Waals surface area (Å²) in [5.41, 5.74) is -0.470. The molecule has 1 saturated heterocycles. The van der Waals surface area contributed by atoms with Gasteiger partial charge in [0.15, 0.2) is 9.84 Å². The fourth-order valence-electron chi connectivity index (χ4n) is 1.95. The Morgan fingerprint density at radius 2 is 2.17 bits per heavy atom. The van der Waals surface area contributed by atoms with Crippen LogP contribution in [0.3, 0.4) is 0 Å². The highest BCUT2D eigenvalue weighted by molar-refractivity contribution is 7.91. The Morgan fingerprint density at radius 3 is 2.72 bits per heavy atom. The van der Waals surface area contributed by atoms with Crippen LogP contribution in [-0.4, -0.2) is 58.2 Å². The van der Waals surface area contributed by atoms with E-state index >= 15 is 0 Å². The van der Waals surface area contributed by atoms with Crippen LogP contribution in [-0.2, 0) is 19.4 Å². The van der Waals surface area contributed by atoms with Crippen LogP contribution in [0.4, 0.5) is 0 Å². The van der Waals surface area contributed by atoms with Gasteiger partial charge in [0.2, 0.25) is 5.91 Å². The Hall–Kier alpha value is -0.660. The van der Waals surface area contributed by atoms with Crippen molar-refractivity contribution in [2.75, 3.05) is 38.3 Å². The quantitative estimate of drug-likeness (QED) is 0.602. The molecule has 7 heteroatoms. The summed E-state index contributed by atoms with van der Waals surface area (Å²) in [4.78, 5) is 11.5. The highest BCUT2D eigenvalue weighted by Crippen LogP contribution is 2.22. The van der Waals surface area contributed by atoms with Gasteiger partial charge in [0.05, 0.1) is 18.1 Å². The highest BCUT2D eigenvalue weighted by atomic mass is 32.2. The summed E-state index contributed by atoms with van der Waals surface area (Å²) < 4.78 is 27.6. The first-order valence-electron chi connectivity index (χ1n) is 6.08. The van der Waals surface area contributed by atoms with Gasteiger partial charge >= 0.3 is 0 Å². The first-order valence-corrected chi connectivity index (χ1v) is 7.90. The Bertz CT molecular complexity index is 383. The maximum Gasteiger partial charge on any atom is 0.233 e. The molecule has 1 atom stereocenters. The molecule has 1 heterocycles. The second kappa shape index (κ2) is 6.49. The molecule has 1 aliphatic rings. The third-order valence-electron chi connectivity index (χ3n) is 3.03. The van der Waals surface area contributed by atoms with E-state index in [-0.39, 0.29) is 24.0 Å². The Kier molecular flexibility index (Phi) is 5.55. The van der Waals surface area contributed by atoms with Crippen LogP contribution >= 0.6 is 0 Å². The van der Waals surface area contributed by atoms with Crippen molar-refractivity contribution < 1.29 is 17.9 Å². The number of hydrogen-bond donors (Lipinski definition) is 2. The van der Waals surface area contributed by atoms with Crippen LogP contribution in [0, 0.1) is 0 Å². The molecule has 1 unspecified atom stereocenters. The molecule has 0 aliphatic carbocycles. The van der Waals surface area contributed by atoms with Crippen LogP contribution < -0.4 is 10.6 Å². The van der Waals surface area contributed by atoms with E-state index in [0.717, 1.165) is 6.42 Å². The summed E-state index contributed by atoms with van der Waals surface area (Å²) in [6.45, 7) is 3.18. The average Bonchev–Trinajstić information content (AvgIpc) is 2.57. The van der Waals surface area contributed by atoms with Crippen LogP contribution in [0.2, 0.25) is 0 Å². The van der Waals surface area contributed by atoms with Crippen molar-refractivity contribution in [2.24, 2.45) is 0 Å². The number of carbonyl (C=O) groups excluding carboxylic acids is 1. The van der Waals surface area contributed by atoms with Gasteiger partial charge in [-0.2, -0.15) is 0 Å². The first kappa shape index (κ1) is 15.4. The molecule has 1 amide bonds. The van der Waals surface area contributed by atoms with Crippen LogP contribution in [0.25, 0.3) is 0 Å². The molecule has 0 bridgehead atoms. The maximum atomic E-state index is 11.5. The maximum absolute atomic E-state index is 11.5. The minimum atomic E-state index is -2.94. The Labute approximate surface area is 108 Å². The predicted octanol–water partition coefficient (Wildman–Crippen LogP) is -0.694. The van der Waals surface area contributed by atoms with Crippen molar-refractivity contribution in [3.8, 4) is 0 Å². The van der Waals surface area contributed by atoms with Gasteiger partial charge < -0.3 is 15.4 Å². The summed E-state index contributed by atoms with van der Waals surface area (Å²) in [6.07, 6.45) is 1.33. The van der Waals surface area contributed by atoms with Gasteiger partial charge in [-0.3, -0.25) is 4.79 Å². The number of amides is 1. The van der Waals surface area contributed by atoms with Crippen molar-refractivity contribution in [3.63, 3.8) is 0 Å². The van der Waals surface area contributed by atoms with Gasteiger partial charge in [0.1, 0.15) is 0 Å². The monoisotopic (exact) mass is 278 g/mol. The first-order chi connectivity index (χ1) is 8.37. The molecule has 0 spiro atoms. The number of methoxy groups -OCH3 is 1. The molecule has 18 heavy (non-hydrogen) atoms. The van der Waals surface area contributed by atoms with E-state index in [1.54, 1.807) is 7.11 Å². The van der Waals surface area contributed by atoms with E-state index in [0.29, 0.717) is 19.6 Å². The molecule has 106 valence electrons. The zero-order valence-corrected chi connectivity index (χ0v) is 11.8. The molecule has 0 saturated carbocycles. The van der Waals surface area contributed by atoms with E-state index in [1.807, 2.05) is 6.92 Å². The summed E-state index contributed by atoms with van der Waals surface area (Å²) in [7, 11) is -1.32. The van der Waals surface area contributed by atoms with Crippen LogP contribution in [0.1, 0.15) is 19.8 Å². The molecule has 0 radical (unpaired) electrons. The number of nitrogens with one attached hydrogen (secondary N) is 2. The van der Waals surface area contributed by atoms with Gasteiger partial charge in [-0.05, 0) is 19.8 Å². The molecule has 6 nitrogen and oxygen atoms in total. The Morgan fingerprint density at radius 1 is 1.44 bits per heavy atom. The molecule has 0 aromatic rings. The second-order valence-corrected chi connectivity index (χ2v) is 7.14. The number of rotatable bonds is 7. The van der Waals surface area contributed by atoms with Gasteiger partial charge in [0.25, 0.3) is 0 Å². The summed E-state index contributed by atoms with van der Waals surface area (Å²) in [5.74, 6) is 0.194.